The van der Waals surface area contributed by atoms with Gasteiger partial charge in [0.2, 0.25) is 0 Å². The van der Waals surface area contributed by atoms with Crippen LogP contribution in [0.4, 0.5) is 4.79 Å². The topological polar surface area (TPSA) is 99.8 Å². The average Bonchev–Trinajstić information content (AvgIpc) is 2.72. The molecule has 26 heavy (non-hydrogen) atoms. The lowest BCUT2D eigenvalue weighted by atomic mass is 9.95. The van der Waals surface area contributed by atoms with Crippen molar-refractivity contribution in [2.75, 3.05) is 26.7 Å². The van der Waals surface area contributed by atoms with E-state index in [1.807, 2.05) is 0 Å². The monoisotopic (exact) mass is 361 g/mol. The molecule has 0 aliphatic carbocycles. The van der Waals surface area contributed by atoms with Crippen molar-refractivity contribution in [3.8, 4) is 0 Å². The molecule has 0 radical (unpaired) electrons. The maximum atomic E-state index is 12.9. The summed E-state index contributed by atoms with van der Waals surface area (Å²) in [6.45, 7) is 4.41. The van der Waals surface area contributed by atoms with Crippen molar-refractivity contribution in [1.29, 1.82) is 0 Å². The molecule has 0 bridgehead atoms. The summed E-state index contributed by atoms with van der Waals surface area (Å²) in [5.41, 5.74) is -0.299. The van der Waals surface area contributed by atoms with Gasteiger partial charge in [-0.2, -0.15) is 0 Å². The normalized spacial score (nSPS) is 23.1. The minimum atomic E-state index is -0.564. The second-order valence-electron chi connectivity index (χ2n) is 7.16. The molecule has 1 N–H and O–H groups in total. The molecule has 1 unspecified atom stereocenters. The van der Waals surface area contributed by atoms with Crippen molar-refractivity contribution in [3.63, 3.8) is 0 Å². The maximum Gasteiger partial charge on any atom is 0.410 e. The van der Waals surface area contributed by atoms with Crippen LogP contribution in [0.1, 0.15) is 52.6 Å². The number of aromatic nitrogens is 1. The number of carbonyl (C=O) groups is 3. The number of hydrogen-bond donors (Lipinski definition) is 1. The molecule has 2 aliphatic rings. The highest BCUT2D eigenvalue weighted by molar-refractivity contribution is 5.99. The number of nitrogens with one attached hydrogen (secondary N) is 1. The molecule has 0 saturated carbocycles. The van der Waals surface area contributed by atoms with Crippen LogP contribution in [0.15, 0.2) is 10.9 Å². The number of pyridine rings is 1. The Hall–Kier alpha value is -2.64. The molecular weight excluding hydrogens is 338 g/mol. The minimum absolute atomic E-state index is 0.0303. The Morgan fingerprint density at radius 2 is 1.92 bits per heavy atom. The lowest BCUT2D eigenvalue weighted by Crippen LogP contribution is -2.38. The summed E-state index contributed by atoms with van der Waals surface area (Å²) in [5, 5.41) is 0. The summed E-state index contributed by atoms with van der Waals surface area (Å²) in [4.78, 5) is 54.3. The summed E-state index contributed by atoms with van der Waals surface area (Å²) < 4.78 is 5.54. The van der Waals surface area contributed by atoms with Crippen LogP contribution >= 0.6 is 0 Å². The van der Waals surface area contributed by atoms with E-state index in [1.54, 1.807) is 23.8 Å². The number of rotatable bonds is 2. The Kier molecular flexibility index (Phi) is 4.60. The fraction of sp³-hybridized carbons (Fsp3) is 0.556. The van der Waals surface area contributed by atoms with Crippen LogP contribution in [0.2, 0.25) is 0 Å². The van der Waals surface area contributed by atoms with Gasteiger partial charge in [-0.25, -0.2) is 4.79 Å². The van der Waals surface area contributed by atoms with Crippen molar-refractivity contribution in [1.82, 2.24) is 14.8 Å². The molecule has 3 heterocycles. The number of amides is 2. The van der Waals surface area contributed by atoms with Crippen LogP contribution in [0, 0.1) is 6.92 Å². The summed E-state index contributed by atoms with van der Waals surface area (Å²) >= 11 is 0. The van der Waals surface area contributed by atoms with Gasteiger partial charge in [-0.1, -0.05) is 0 Å². The minimum Gasteiger partial charge on any atom is -0.441 e. The molecule has 1 atom stereocenters. The fourth-order valence-electron chi connectivity index (χ4n) is 3.74. The van der Waals surface area contributed by atoms with Crippen LogP contribution in [0.3, 0.4) is 0 Å². The predicted octanol–water partition coefficient (Wildman–Crippen LogP) is 1.33. The highest BCUT2D eigenvalue weighted by Gasteiger charge is 2.44. The Labute approximate surface area is 151 Å². The number of ether oxygens (including phenoxy) is 1. The fourth-order valence-corrected chi connectivity index (χ4v) is 3.74. The van der Waals surface area contributed by atoms with Gasteiger partial charge in [-0.05, 0) is 32.8 Å². The van der Waals surface area contributed by atoms with Crippen LogP contribution in [0.5, 0.6) is 0 Å². The highest BCUT2D eigenvalue weighted by atomic mass is 16.6. The van der Waals surface area contributed by atoms with Crippen molar-refractivity contribution in [2.24, 2.45) is 0 Å². The number of hydrogen-bond acceptors (Lipinski definition) is 5. The van der Waals surface area contributed by atoms with Gasteiger partial charge in [0.05, 0.1) is 6.54 Å². The molecule has 1 aromatic heterocycles. The van der Waals surface area contributed by atoms with Crippen molar-refractivity contribution in [3.05, 3.63) is 33.2 Å². The number of aromatic amines is 1. The van der Waals surface area contributed by atoms with Gasteiger partial charge >= 0.3 is 6.09 Å². The molecule has 2 fully saturated rings. The Bertz CT molecular complexity index is 831. The number of aryl methyl sites for hydroxylation is 1. The first-order valence-electron chi connectivity index (χ1n) is 8.71. The zero-order chi connectivity index (χ0) is 19.1. The van der Waals surface area contributed by atoms with Gasteiger partial charge < -0.3 is 19.5 Å². The van der Waals surface area contributed by atoms with E-state index in [4.69, 9.17) is 4.74 Å². The van der Waals surface area contributed by atoms with Crippen LogP contribution in [0.25, 0.3) is 0 Å². The molecule has 2 saturated heterocycles. The number of nitrogens with zero attached hydrogens (tertiary/aromatic N) is 2. The number of carbonyl (C=O) groups excluding carboxylic acids is 3. The summed E-state index contributed by atoms with van der Waals surface area (Å²) in [7, 11) is 1.69. The number of likely N-dealkylation sites (tertiary alicyclic amines) is 1. The third-order valence-corrected chi connectivity index (χ3v) is 5.17. The third-order valence-electron chi connectivity index (χ3n) is 5.17. The smallest absolute Gasteiger partial charge is 0.410 e. The first-order chi connectivity index (χ1) is 12.2. The van der Waals surface area contributed by atoms with Crippen molar-refractivity contribution >= 4 is 17.8 Å². The maximum absolute atomic E-state index is 12.9. The molecule has 1 aromatic rings. The average molecular weight is 361 g/mol. The quantitative estimate of drug-likeness (QED) is 0.801. The van der Waals surface area contributed by atoms with E-state index in [9.17, 15) is 19.2 Å². The lowest BCUT2D eigenvalue weighted by molar-refractivity contribution is 0.0438. The van der Waals surface area contributed by atoms with Gasteiger partial charge in [-0.15, -0.1) is 0 Å². The molecule has 140 valence electrons. The van der Waals surface area contributed by atoms with Crippen LogP contribution in [-0.4, -0.2) is 64.9 Å². The Morgan fingerprint density at radius 1 is 1.19 bits per heavy atom. The lowest BCUT2D eigenvalue weighted by Gasteiger charge is -2.25. The number of ketones is 1. The SMILES string of the molecule is CC(=O)c1cc(C(=O)N2CCCC3(CC2)CN(C)C(=O)O3)c(=O)[nH]c1C. The van der Waals surface area contributed by atoms with E-state index >= 15 is 0 Å². The second-order valence-corrected chi connectivity index (χ2v) is 7.16. The molecule has 0 aromatic carbocycles. The van der Waals surface area contributed by atoms with Crippen LogP contribution < -0.4 is 5.56 Å². The first kappa shape index (κ1) is 18.2. The third kappa shape index (κ3) is 3.23. The Balaban J connectivity index is 1.81. The van der Waals surface area contributed by atoms with Gasteiger partial charge in [0.25, 0.3) is 11.5 Å². The molecule has 2 aliphatic heterocycles. The molecular formula is C18H23N3O5. The van der Waals surface area contributed by atoms with Gasteiger partial charge in [-0.3, -0.25) is 14.4 Å². The zero-order valence-corrected chi connectivity index (χ0v) is 15.3. The Morgan fingerprint density at radius 3 is 2.54 bits per heavy atom. The highest BCUT2D eigenvalue weighted by Crippen LogP contribution is 2.32. The number of Topliss-reactive ketones (excluding diaryl/α,β-unsaturated/α-hetero) is 1. The van der Waals surface area contributed by atoms with Gasteiger partial charge in [0.15, 0.2) is 5.78 Å². The first-order valence-corrected chi connectivity index (χ1v) is 8.71. The van der Waals surface area contributed by atoms with E-state index < -0.39 is 17.1 Å². The molecule has 8 nitrogen and oxygen atoms in total. The second kappa shape index (κ2) is 6.59. The largest absolute Gasteiger partial charge is 0.441 e. The van der Waals surface area contributed by atoms with Crippen LogP contribution in [-0.2, 0) is 4.74 Å². The zero-order valence-electron chi connectivity index (χ0n) is 15.3. The van der Waals surface area contributed by atoms with Gasteiger partial charge in [0.1, 0.15) is 11.2 Å². The van der Waals surface area contributed by atoms with E-state index in [-0.39, 0.29) is 17.4 Å². The van der Waals surface area contributed by atoms with E-state index in [1.165, 1.54) is 13.0 Å². The van der Waals surface area contributed by atoms with E-state index in [2.05, 4.69) is 4.98 Å². The van der Waals surface area contributed by atoms with Crippen molar-refractivity contribution < 1.29 is 19.1 Å². The van der Waals surface area contributed by atoms with Gasteiger partial charge in [0, 0.05) is 37.8 Å². The van der Waals surface area contributed by atoms with E-state index in [0.717, 1.165) is 0 Å². The standard InChI is InChI=1S/C18H23N3O5/c1-11-13(12(2)22)9-14(15(23)19-11)16(24)21-7-4-5-18(6-8-21)10-20(3)17(25)26-18/h9H,4-8,10H2,1-3H3,(H,19,23). The number of H-pyrrole nitrogens is 1. The van der Waals surface area contributed by atoms with E-state index in [0.29, 0.717) is 50.2 Å². The molecule has 1 spiro atoms. The summed E-state index contributed by atoms with van der Waals surface area (Å²) in [5.74, 6) is -0.605. The summed E-state index contributed by atoms with van der Waals surface area (Å²) in [6.07, 6.45) is 1.54. The summed E-state index contributed by atoms with van der Waals surface area (Å²) in [6, 6.07) is 1.38. The molecule has 2 amide bonds. The molecule has 3 rings (SSSR count). The molecule has 8 heteroatoms. The predicted molar refractivity (Wildman–Crippen MR) is 93.4 cm³/mol. The number of likely N-dealkylation sites (N-methyl/N-ethyl adjacent to an activating group) is 1. The van der Waals surface area contributed by atoms with Crippen molar-refractivity contribution in [2.45, 2.75) is 38.7 Å².